The van der Waals surface area contributed by atoms with Gasteiger partial charge in [-0.2, -0.15) is 13.2 Å². The first-order chi connectivity index (χ1) is 8.41. The van der Waals surface area contributed by atoms with Crippen molar-refractivity contribution in [1.29, 1.82) is 0 Å². The Morgan fingerprint density at radius 3 is 2.39 bits per heavy atom. The molecule has 0 aliphatic heterocycles. The van der Waals surface area contributed by atoms with Crippen molar-refractivity contribution >= 4 is 38.9 Å². The summed E-state index contributed by atoms with van der Waals surface area (Å²) in [7, 11) is 0. The lowest BCUT2D eigenvalue weighted by Gasteiger charge is -2.25. The van der Waals surface area contributed by atoms with Gasteiger partial charge in [0.1, 0.15) is 0 Å². The highest BCUT2D eigenvalue weighted by Gasteiger charge is 2.37. The van der Waals surface area contributed by atoms with Gasteiger partial charge in [-0.15, -0.1) is 22.9 Å². The van der Waals surface area contributed by atoms with E-state index in [4.69, 9.17) is 11.6 Å². The quantitative estimate of drug-likeness (QED) is 0.535. The van der Waals surface area contributed by atoms with Crippen LogP contribution >= 0.6 is 38.9 Å². The molecule has 1 atom stereocenters. The first-order valence-electron chi connectivity index (χ1n) is 5.89. The van der Waals surface area contributed by atoms with Crippen molar-refractivity contribution in [2.24, 2.45) is 5.92 Å². The number of thiophene rings is 1. The summed E-state index contributed by atoms with van der Waals surface area (Å²) in [5.41, 5.74) is -0.607. The molecular formula is C12H13BrClF3S. The maximum atomic E-state index is 12.7. The van der Waals surface area contributed by atoms with Crippen LogP contribution in [0.4, 0.5) is 13.2 Å². The fourth-order valence-corrected chi connectivity index (χ4v) is 5.07. The fraction of sp³-hybridized carbons (Fsp3) is 0.667. The molecule has 1 aromatic heterocycles. The summed E-state index contributed by atoms with van der Waals surface area (Å²) < 4.78 is 38.2. The van der Waals surface area contributed by atoms with E-state index in [0.717, 1.165) is 42.4 Å². The van der Waals surface area contributed by atoms with Crippen LogP contribution in [-0.4, -0.2) is 0 Å². The Balaban J connectivity index is 2.20. The molecule has 2 rings (SSSR count). The van der Waals surface area contributed by atoms with E-state index in [0.29, 0.717) is 10.8 Å². The van der Waals surface area contributed by atoms with Gasteiger partial charge in [0.2, 0.25) is 0 Å². The van der Waals surface area contributed by atoms with Gasteiger partial charge in [-0.25, -0.2) is 0 Å². The van der Waals surface area contributed by atoms with Crippen LogP contribution in [0, 0.1) is 5.92 Å². The van der Waals surface area contributed by atoms with Crippen molar-refractivity contribution in [2.45, 2.75) is 43.7 Å². The molecule has 0 radical (unpaired) electrons. The maximum absolute atomic E-state index is 12.7. The van der Waals surface area contributed by atoms with Crippen LogP contribution in [0.15, 0.2) is 9.85 Å². The van der Waals surface area contributed by atoms with Gasteiger partial charge in [0.15, 0.2) is 0 Å². The SMILES string of the molecule is FC(F)(F)c1csc(C(Cl)C2CCCCC2)c1Br. The summed E-state index contributed by atoms with van der Waals surface area (Å²) in [5, 5.41) is 0.846. The molecule has 1 aromatic rings. The molecule has 6 heteroatoms. The standard InChI is InChI=1S/C12H13BrClF3S/c13-9-8(12(15,16)17)6-18-11(9)10(14)7-4-2-1-3-5-7/h6-7,10H,1-5H2. The average molecular weight is 362 g/mol. The highest BCUT2D eigenvalue weighted by molar-refractivity contribution is 9.10. The Morgan fingerprint density at radius 1 is 1.28 bits per heavy atom. The zero-order valence-electron chi connectivity index (χ0n) is 9.57. The molecule has 1 unspecified atom stereocenters. The second-order valence-electron chi connectivity index (χ2n) is 4.63. The van der Waals surface area contributed by atoms with Gasteiger partial charge >= 0.3 is 6.18 Å². The van der Waals surface area contributed by atoms with Crippen LogP contribution < -0.4 is 0 Å². The minimum atomic E-state index is -4.31. The summed E-state index contributed by atoms with van der Waals surface area (Å²) in [5.74, 6) is 0.302. The topological polar surface area (TPSA) is 0 Å². The maximum Gasteiger partial charge on any atom is 0.418 e. The molecule has 1 aliphatic rings. The van der Waals surface area contributed by atoms with E-state index in [1.165, 1.54) is 6.42 Å². The van der Waals surface area contributed by atoms with Crippen LogP contribution in [-0.2, 0) is 6.18 Å². The van der Waals surface area contributed by atoms with Gasteiger partial charge in [-0.1, -0.05) is 19.3 Å². The summed E-state index contributed by atoms with van der Waals surface area (Å²) in [4.78, 5) is 0.621. The number of hydrogen-bond donors (Lipinski definition) is 0. The summed E-state index contributed by atoms with van der Waals surface area (Å²) >= 11 is 10.5. The highest BCUT2D eigenvalue weighted by Crippen LogP contribution is 2.48. The normalized spacial score (nSPS) is 20.1. The van der Waals surface area contributed by atoms with Gasteiger partial charge < -0.3 is 0 Å². The number of halogens is 5. The molecular weight excluding hydrogens is 349 g/mol. The molecule has 0 bridgehead atoms. The van der Waals surface area contributed by atoms with E-state index in [9.17, 15) is 13.2 Å². The second-order valence-corrected chi connectivity index (χ2v) is 6.80. The van der Waals surface area contributed by atoms with E-state index in [2.05, 4.69) is 15.9 Å². The molecule has 1 fully saturated rings. The van der Waals surface area contributed by atoms with E-state index < -0.39 is 11.7 Å². The van der Waals surface area contributed by atoms with E-state index >= 15 is 0 Å². The van der Waals surface area contributed by atoms with E-state index in [-0.39, 0.29) is 9.85 Å². The monoisotopic (exact) mass is 360 g/mol. The van der Waals surface area contributed by atoms with Gasteiger partial charge in [0, 0.05) is 14.7 Å². The lowest BCUT2D eigenvalue weighted by atomic mass is 9.86. The van der Waals surface area contributed by atoms with Crippen molar-refractivity contribution in [1.82, 2.24) is 0 Å². The van der Waals surface area contributed by atoms with Crippen LogP contribution in [0.5, 0.6) is 0 Å². The summed E-state index contributed by atoms with van der Waals surface area (Å²) in [6.07, 6.45) is 1.18. The summed E-state index contributed by atoms with van der Waals surface area (Å²) in [6, 6.07) is 0. The molecule has 0 saturated heterocycles. The van der Waals surface area contributed by atoms with Crippen LogP contribution in [0.1, 0.15) is 47.9 Å². The third-order valence-electron chi connectivity index (χ3n) is 3.38. The Hall–Kier alpha value is 0.260. The lowest BCUT2D eigenvalue weighted by Crippen LogP contribution is -2.12. The van der Waals surface area contributed by atoms with Crippen molar-refractivity contribution in [3.8, 4) is 0 Å². The second kappa shape index (κ2) is 5.71. The molecule has 0 N–H and O–H groups in total. The highest BCUT2D eigenvalue weighted by atomic mass is 79.9. The molecule has 0 nitrogen and oxygen atoms in total. The predicted octanol–water partition coefficient (Wildman–Crippen LogP) is 6.39. The van der Waals surface area contributed by atoms with Crippen LogP contribution in [0.2, 0.25) is 0 Å². The van der Waals surface area contributed by atoms with Crippen LogP contribution in [0.25, 0.3) is 0 Å². The number of alkyl halides is 4. The zero-order chi connectivity index (χ0) is 13.3. The smallest absolute Gasteiger partial charge is 0.166 e. The minimum Gasteiger partial charge on any atom is -0.166 e. The first-order valence-corrected chi connectivity index (χ1v) is 8.00. The molecule has 0 spiro atoms. The predicted molar refractivity (Wildman–Crippen MR) is 72.2 cm³/mol. The molecule has 1 saturated carbocycles. The van der Waals surface area contributed by atoms with Crippen molar-refractivity contribution in [3.05, 3.63) is 20.3 Å². The Kier molecular flexibility index (Phi) is 4.66. The third kappa shape index (κ3) is 3.05. The first kappa shape index (κ1) is 14.7. The van der Waals surface area contributed by atoms with E-state index in [1.54, 1.807) is 0 Å². The van der Waals surface area contributed by atoms with Gasteiger partial charge in [0.05, 0.1) is 10.9 Å². The molecule has 102 valence electrons. The molecule has 1 heterocycles. The largest absolute Gasteiger partial charge is 0.418 e. The summed E-state index contributed by atoms with van der Waals surface area (Å²) in [6.45, 7) is 0. The fourth-order valence-electron chi connectivity index (χ4n) is 2.38. The average Bonchev–Trinajstić information content (AvgIpc) is 2.71. The minimum absolute atomic E-state index is 0.130. The molecule has 0 aromatic carbocycles. The third-order valence-corrected chi connectivity index (χ3v) is 6.26. The number of rotatable bonds is 2. The molecule has 1 aliphatic carbocycles. The van der Waals surface area contributed by atoms with Gasteiger partial charge in [-0.3, -0.25) is 0 Å². The van der Waals surface area contributed by atoms with Crippen molar-refractivity contribution in [2.75, 3.05) is 0 Å². The molecule has 18 heavy (non-hydrogen) atoms. The zero-order valence-corrected chi connectivity index (χ0v) is 12.7. The van der Waals surface area contributed by atoms with E-state index in [1.807, 2.05) is 0 Å². The Bertz CT molecular complexity index is 410. The molecule has 0 amide bonds. The Labute approximate surface area is 122 Å². The van der Waals surface area contributed by atoms with Gasteiger partial charge in [-0.05, 0) is 34.7 Å². The van der Waals surface area contributed by atoms with Gasteiger partial charge in [0.25, 0.3) is 0 Å². The number of hydrogen-bond acceptors (Lipinski definition) is 1. The van der Waals surface area contributed by atoms with Crippen molar-refractivity contribution < 1.29 is 13.2 Å². The Morgan fingerprint density at radius 2 is 1.89 bits per heavy atom. The lowest BCUT2D eigenvalue weighted by molar-refractivity contribution is -0.137. The van der Waals surface area contributed by atoms with Crippen molar-refractivity contribution in [3.63, 3.8) is 0 Å². The van der Waals surface area contributed by atoms with Crippen LogP contribution in [0.3, 0.4) is 0 Å².